The van der Waals surface area contributed by atoms with E-state index in [4.69, 9.17) is 9.97 Å². The monoisotopic (exact) mass is 831 g/mol. The number of aryl methyl sites for hydroxylation is 3. The van der Waals surface area contributed by atoms with Crippen molar-refractivity contribution in [1.82, 2.24) is 19.9 Å². The van der Waals surface area contributed by atoms with E-state index in [1.165, 1.54) is 6.92 Å². The van der Waals surface area contributed by atoms with E-state index >= 15 is 0 Å². The van der Waals surface area contributed by atoms with Crippen LogP contribution in [0.25, 0.3) is 90.9 Å². The summed E-state index contributed by atoms with van der Waals surface area (Å²) in [4.78, 5) is 30.2. The van der Waals surface area contributed by atoms with Crippen molar-refractivity contribution >= 4 is 67.2 Å². The number of amides is 1. The number of carbonyl (C=O) groups excluding carboxylic acids is 1. The molecule has 1 aromatic carbocycles. The Hall–Kier alpha value is -6.21. The summed E-state index contributed by atoms with van der Waals surface area (Å²) in [6.45, 7) is 3.43. The van der Waals surface area contributed by atoms with E-state index in [1.807, 2.05) is 65.8 Å². The van der Waals surface area contributed by atoms with Gasteiger partial charge in [-0.25, -0.2) is 23.7 Å². The molecule has 282 valence electrons. The molecule has 7 aromatic rings. The average molecular weight is 833 g/mol. The SMILES string of the molecule is CC(=O)Nc1ccc(-c2c3nc(c(-c4cc[n+](C)cc4)c4ccc([nH]4)c(-c4cc[n+](C)cc4)c4nc(c(-c5cc[n+](C)cc5)c5ccc2[nH]5)C=C4)C=C3)cc1.CP.[Zn]. The van der Waals surface area contributed by atoms with E-state index in [-0.39, 0.29) is 25.4 Å². The van der Waals surface area contributed by atoms with Crippen LogP contribution in [0.2, 0.25) is 0 Å². The summed E-state index contributed by atoms with van der Waals surface area (Å²) in [5.41, 5.74) is 15.9. The number of fused-ring (bicyclic) bond motifs is 8. The van der Waals surface area contributed by atoms with E-state index < -0.39 is 0 Å². The quantitative estimate of drug-likeness (QED) is 0.0927. The van der Waals surface area contributed by atoms with Gasteiger partial charge in [-0.05, 0) is 83.0 Å². The Bertz CT molecular complexity index is 2830. The number of H-pyrrole nitrogens is 2. The summed E-state index contributed by atoms with van der Waals surface area (Å²) < 4.78 is 6.10. The molecule has 1 atom stereocenters. The van der Waals surface area contributed by atoms with E-state index in [1.54, 1.807) is 0 Å². The fourth-order valence-electron chi connectivity index (χ4n) is 7.35. The Balaban J connectivity index is 0.00000168. The molecule has 2 aliphatic rings. The van der Waals surface area contributed by atoms with Gasteiger partial charge >= 0.3 is 0 Å². The van der Waals surface area contributed by atoms with Crippen molar-refractivity contribution in [3.05, 3.63) is 145 Å². The van der Waals surface area contributed by atoms with Crippen LogP contribution in [0.3, 0.4) is 0 Å². The normalized spacial score (nSPS) is 11.4. The molecule has 58 heavy (non-hydrogen) atoms. The molecule has 8 heterocycles. The van der Waals surface area contributed by atoms with Crippen LogP contribution in [0, 0.1) is 0 Å². The van der Waals surface area contributed by atoms with Crippen LogP contribution in [-0.4, -0.2) is 32.5 Å². The second-order valence-electron chi connectivity index (χ2n) is 14.0. The van der Waals surface area contributed by atoms with Crippen molar-refractivity contribution in [2.75, 3.05) is 12.0 Å². The summed E-state index contributed by atoms with van der Waals surface area (Å²) in [5.74, 6) is -0.115. The summed E-state index contributed by atoms with van der Waals surface area (Å²) in [6, 6.07) is 29.2. The van der Waals surface area contributed by atoms with Crippen LogP contribution in [-0.2, 0) is 45.4 Å². The number of carbonyl (C=O) groups is 1. The molecule has 0 saturated carbocycles. The van der Waals surface area contributed by atoms with Gasteiger partial charge in [0.15, 0.2) is 37.2 Å². The number of benzene rings is 1. The zero-order valence-electron chi connectivity index (χ0n) is 33.3. The minimum absolute atomic E-state index is 0. The van der Waals surface area contributed by atoms with Crippen molar-refractivity contribution in [2.45, 2.75) is 6.92 Å². The molecule has 3 N–H and O–H groups in total. The van der Waals surface area contributed by atoms with Crippen molar-refractivity contribution in [1.29, 1.82) is 0 Å². The largest absolute Gasteiger partial charge is 0.354 e. The maximum absolute atomic E-state index is 11.9. The second kappa shape index (κ2) is 17.1. The van der Waals surface area contributed by atoms with Gasteiger partial charge in [0.2, 0.25) is 5.91 Å². The molecule has 2 aliphatic heterocycles. The molecule has 0 aliphatic carbocycles. The Morgan fingerprint density at radius 1 is 0.483 bits per heavy atom. The Kier molecular flexibility index (Phi) is 11.8. The third-order valence-corrected chi connectivity index (χ3v) is 10.0. The van der Waals surface area contributed by atoms with Crippen LogP contribution in [0.4, 0.5) is 5.69 Å². The Labute approximate surface area is 352 Å². The van der Waals surface area contributed by atoms with E-state index in [0.29, 0.717) is 0 Å². The summed E-state index contributed by atoms with van der Waals surface area (Å²) in [5, 5.41) is 2.89. The Morgan fingerprint density at radius 3 is 1.03 bits per heavy atom. The van der Waals surface area contributed by atoms with Crippen molar-refractivity contribution in [3.63, 3.8) is 0 Å². The maximum Gasteiger partial charge on any atom is 0.221 e. The Morgan fingerprint density at radius 2 is 0.759 bits per heavy atom. The molecule has 0 radical (unpaired) electrons. The van der Waals surface area contributed by atoms with E-state index in [2.05, 4.69) is 147 Å². The standard InChI is InChI=1S/C46H37N8O.CH5P.Zn/c1-29(55)47-34-7-5-30(6-8-34)43-35-9-11-37(48-35)44(31-17-23-52(2)24-18-31)39-13-15-41(50-39)46(33-21-27-54(4)28-22-33)42-16-14-40(51-42)45(38-12-10-36(43)49-38)32-19-25-53(3)26-20-32;1-2;/h5-28H,1-4H3,(H-,47,48,49,50,51,55);2H2,1H3;/q+1;;/p+2. The third kappa shape index (κ3) is 7.99. The van der Waals surface area contributed by atoms with Gasteiger partial charge in [0.25, 0.3) is 0 Å². The second-order valence-corrected chi connectivity index (χ2v) is 14.0. The molecule has 8 bridgehead atoms. The fourth-order valence-corrected chi connectivity index (χ4v) is 7.35. The van der Waals surface area contributed by atoms with Gasteiger partial charge in [0.1, 0.15) is 21.1 Å². The molecule has 11 heteroatoms. The van der Waals surface area contributed by atoms with Crippen LogP contribution in [0.5, 0.6) is 0 Å². The smallest absolute Gasteiger partial charge is 0.221 e. The summed E-state index contributed by atoms with van der Waals surface area (Å²) >= 11 is 0. The van der Waals surface area contributed by atoms with Crippen molar-refractivity contribution < 1.29 is 38.0 Å². The molecule has 0 fully saturated rings. The van der Waals surface area contributed by atoms with Gasteiger partial charge in [-0.2, -0.15) is 0 Å². The van der Waals surface area contributed by atoms with Gasteiger partial charge in [0.05, 0.1) is 22.8 Å². The molecule has 6 aromatic heterocycles. The van der Waals surface area contributed by atoms with Gasteiger partial charge < -0.3 is 15.3 Å². The molecule has 0 saturated heterocycles. The van der Waals surface area contributed by atoms with Gasteiger partial charge in [-0.1, -0.05) is 18.8 Å². The topological polar surface area (TPSA) is 98.1 Å². The maximum atomic E-state index is 11.9. The number of anilines is 1. The van der Waals surface area contributed by atoms with Crippen molar-refractivity contribution in [2.24, 2.45) is 21.1 Å². The molecular formula is C47H44N8OPZn+3. The number of hydrogen-bond donors (Lipinski definition) is 3. The molecule has 9 rings (SSSR count). The fraction of sp³-hybridized carbons (Fsp3) is 0.106. The molecule has 1 amide bonds. The first-order chi connectivity index (χ1) is 27.8. The van der Waals surface area contributed by atoms with E-state index in [9.17, 15) is 4.79 Å². The predicted octanol–water partition coefficient (Wildman–Crippen LogP) is 8.24. The predicted molar refractivity (Wildman–Crippen MR) is 234 cm³/mol. The first-order valence-corrected chi connectivity index (χ1v) is 19.9. The van der Waals surface area contributed by atoms with Crippen LogP contribution in [0.1, 0.15) is 29.7 Å². The van der Waals surface area contributed by atoms with Gasteiger partial charge in [0, 0.05) is 113 Å². The molecule has 0 spiro atoms. The number of pyridine rings is 3. The van der Waals surface area contributed by atoms with Crippen LogP contribution >= 0.6 is 9.24 Å². The molecular weight excluding hydrogens is 789 g/mol. The number of aromatic nitrogens is 7. The van der Waals surface area contributed by atoms with Crippen molar-refractivity contribution in [3.8, 4) is 44.5 Å². The van der Waals surface area contributed by atoms with Gasteiger partial charge in [-0.15, -0.1) is 9.24 Å². The average Bonchev–Trinajstić information content (AvgIpc) is 4.06. The zero-order valence-corrected chi connectivity index (χ0v) is 37.4. The number of rotatable bonds is 5. The summed E-state index contributed by atoms with van der Waals surface area (Å²) in [7, 11) is 8.48. The number of nitrogens with one attached hydrogen (secondary N) is 3. The van der Waals surface area contributed by atoms with Crippen LogP contribution in [0.15, 0.2) is 122 Å². The third-order valence-electron chi connectivity index (χ3n) is 10.0. The minimum Gasteiger partial charge on any atom is -0.354 e. The van der Waals surface area contributed by atoms with Gasteiger partial charge in [-0.3, -0.25) is 4.79 Å². The number of nitrogens with zero attached hydrogens (tertiary/aromatic N) is 5. The molecule has 1 unspecified atom stereocenters. The van der Waals surface area contributed by atoms with E-state index in [0.717, 1.165) is 95.0 Å². The first-order valence-electron chi connectivity index (χ1n) is 18.8. The first kappa shape index (κ1) is 40.0. The number of aromatic amines is 2. The minimum atomic E-state index is -0.115. The van der Waals surface area contributed by atoms with Crippen LogP contribution < -0.4 is 19.0 Å². The molecule has 9 nitrogen and oxygen atoms in total. The zero-order chi connectivity index (χ0) is 39.6. The number of hydrogen-bond acceptors (Lipinski definition) is 3. The summed E-state index contributed by atoms with van der Waals surface area (Å²) in [6.07, 6.45) is 20.8.